The third kappa shape index (κ3) is 3.83. The lowest BCUT2D eigenvalue weighted by Crippen LogP contribution is -2.49. The number of aliphatic hydroxyl groups is 2. The molecular formula is C28H33N3O5. The van der Waals surface area contributed by atoms with E-state index in [2.05, 4.69) is 15.2 Å². The zero-order valence-corrected chi connectivity index (χ0v) is 20.5. The van der Waals surface area contributed by atoms with Crippen LogP contribution in [0.5, 0.6) is 11.5 Å². The summed E-state index contributed by atoms with van der Waals surface area (Å²) >= 11 is 0. The second-order valence-electron chi connectivity index (χ2n) is 10.8. The van der Waals surface area contributed by atoms with Crippen molar-refractivity contribution in [3.05, 3.63) is 58.5 Å². The summed E-state index contributed by atoms with van der Waals surface area (Å²) in [6.07, 6.45) is 5.08. The van der Waals surface area contributed by atoms with Crippen LogP contribution in [-0.4, -0.2) is 63.0 Å². The van der Waals surface area contributed by atoms with Gasteiger partial charge in [-0.25, -0.2) is 4.98 Å². The summed E-state index contributed by atoms with van der Waals surface area (Å²) in [6, 6.07) is 9.20. The van der Waals surface area contributed by atoms with Gasteiger partial charge in [0.25, 0.3) is 5.91 Å². The van der Waals surface area contributed by atoms with Crippen LogP contribution in [0.3, 0.4) is 0 Å². The number of aliphatic hydroxyl groups excluding tert-OH is 2. The molecule has 36 heavy (non-hydrogen) atoms. The highest BCUT2D eigenvalue weighted by atomic mass is 16.5. The van der Waals surface area contributed by atoms with E-state index in [-0.39, 0.29) is 17.1 Å². The Kier molecular flexibility index (Phi) is 5.68. The molecular weight excluding hydrogens is 458 g/mol. The summed E-state index contributed by atoms with van der Waals surface area (Å²) in [4.78, 5) is 20.0. The van der Waals surface area contributed by atoms with E-state index in [1.807, 2.05) is 19.1 Å². The molecule has 3 heterocycles. The molecule has 8 heteroatoms. The molecule has 8 nitrogen and oxygen atoms in total. The predicted octanol–water partition coefficient (Wildman–Crippen LogP) is 3.36. The van der Waals surface area contributed by atoms with Crippen LogP contribution in [0.4, 0.5) is 5.82 Å². The molecule has 4 aliphatic rings. The Morgan fingerprint density at radius 3 is 2.86 bits per heavy atom. The van der Waals surface area contributed by atoms with Crippen molar-refractivity contribution >= 4 is 11.7 Å². The van der Waals surface area contributed by atoms with Crippen LogP contribution in [0.25, 0.3) is 0 Å². The van der Waals surface area contributed by atoms with Gasteiger partial charge in [-0.2, -0.15) is 0 Å². The summed E-state index contributed by atoms with van der Waals surface area (Å²) in [7, 11) is 0. The molecule has 1 amide bonds. The smallest absolute Gasteiger partial charge is 0.258 e. The molecule has 4 N–H and O–H groups in total. The van der Waals surface area contributed by atoms with Crippen molar-refractivity contribution in [2.75, 3.05) is 25.0 Å². The molecule has 0 radical (unpaired) electrons. The van der Waals surface area contributed by atoms with Gasteiger partial charge in [0.15, 0.2) is 17.6 Å². The Labute approximate surface area is 210 Å². The first kappa shape index (κ1) is 23.3. The number of nitrogens with one attached hydrogen (secondary N) is 1. The first-order valence-electron chi connectivity index (χ1n) is 12.9. The van der Waals surface area contributed by atoms with Crippen molar-refractivity contribution in [3.63, 3.8) is 0 Å². The van der Waals surface area contributed by atoms with Gasteiger partial charge in [0.05, 0.1) is 12.2 Å². The highest BCUT2D eigenvalue weighted by Gasteiger charge is 2.58. The van der Waals surface area contributed by atoms with Crippen molar-refractivity contribution < 1.29 is 24.9 Å². The predicted molar refractivity (Wildman–Crippen MR) is 134 cm³/mol. The third-order valence-electron chi connectivity index (χ3n) is 8.41. The summed E-state index contributed by atoms with van der Waals surface area (Å²) in [5.74, 6) is 0.663. The lowest BCUT2D eigenvalue weighted by molar-refractivity contribution is -0.113. The van der Waals surface area contributed by atoms with Crippen molar-refractivity contribution in [2.45, 2.75) is 63.0 Å². The number of hydrogen-bond donors (Lipinski definition) is 4. The number of pyridine rings is 1. The number of amides is 1. The van der Waals surface area contributed by atoms with E-state index < -0.39 is 24.0 Å². The molecule has 1 aromatic carbocycles. The molecule has 1 saturated heterocycles. The molecule has 2 bridgehead atoms. The third-order valence-corrected chi connectivity index (χ3v) is 8.41. The first-order valence-corrected chi connectivity index (χ1v) is 12.9. The van der Waals surface area contributed by atoms with Crippen LogP contribution in [0, 0.1) is 12.8 Å². The molecule has 3 atom stereocenters. The van der Waals surface area contributed by atoms with Crippen molar-refractivity contribution in [2.24, 2.45) is 5.92 Å². The quantitative estimate of drug-likeness (QED) is 0.362. The Morgan fingerprint density at radius 1 is 1.28 bits per heavy atom. The number of aryl methyl sites for hydroxylation is 1. The largest absolute Gasteiger partial charge is 0.508 e. The first-order chi connectivity index (χ1) is 17.4. The topological polar surface area (TPSA) is 115 Å². The SMILES string of the molecule is Cc1cccc(NC(=O)/C(CO)=C(\O)[C@@H]2Oc3c(O)ccc4c3[C@@]23CCCN(CC2CC2)[C@H](C4)C3)n1. The highest BCUT2D eigenvalue weighted by Crippen LogP contribution is 2.59. The number of aromatic hydroxyl groups is 1. The van der Waals surface area contributed by atoms with Gasteiger partial charge in [0.2, 0.25) is 0 Å². The highest BCUT2D eigenvalue weighted by molar-refractivity contribution is 6.03. The van der Waals surface area contributed by atoms with E-state index in [9.17, 15) is 20.1 Å². The molecule has 2 aromatic rings. The molecule has 2 aliphatic heterocycles. The Morgan fingerprint density at radius 2 is 2.11 bits per heavy atom. The van der Waals surface area contributed by atoms with Gasteiger partial charge in [-0.15, -0.1) is 0 Å². The maximum absolute atomic E-state index is 13.1. The fraction of sp³-hybridized carbons (Fsp3) is 0.500. The van der Waals surface area contributed by atoms with E-state index in [4.69, 9.17) is 4.74 Å². The van der Waals surface area contributed by atoms with Crippen molar-refractivity contribution in [3.8, 4) is 11.5 Å². The normalized spacial score (nSPS) is 27.5. The minimum absolute atomic E-state index is 0.0416. The van der Waals surface area contributed by atoms with E-state index in [0.29, 0.717) is 17.6 Å². The number of likely N-dealkylation sites (tertiary alicyclic amines) is 1. The minimum Gasteiger partial charge on any atom is -0.508 e. The number of phenols is 1. The second kappa shape index (κ2) is 8.78. The summed E-state index contributed by atoms with van der Waals surface area (Å²) < 4.78 is 6.30. The molecule has 6 rings (SSSR count). The van der Waals surface area contributed by atoms with Crippen LogP contribution in [0.1, 0.15) is 48.9 Å². The molecule has 2 fully saturated rings. The molecule has 190 valence electrons. The number of benzene rings is 1. The average molecular weight is 492 g/mol. The Balaban J connectivity index is 1.39. The van der Waals surface area contributed by atoms with Gasteiger partial charge in [0, 0.05) is 29.3 Å². The lowest BCUT2D eigenvalue weighted by atomic mass is 9.63. The van der Waals surface area contributed by atoms with Gasteiger partial charge in [0.1, 0.15) is 11.6 Å². The van der Waals surface area contributed by atoms with Crippen LogP contribution in [0.15, 0.2) is 41.7 Å². The van der Waals surface area contributed by atoms with Crippen molar-refractivity contribution in [1.82, 2.24) is 9.88 Å². The standard InChI is InChI=1S/C28H33N3O5/c1-16-4-2-5-22(29-16)30-27(35)20(15-32)24(34)26-28-10-3-11-31(14-17-6-7-17)19(13-28)12-18-8-9-21(33)25(36-26)23(18)28/h2,4-5,8-9,17,19,26,32-34H,3,6-7,10-15H2,1H3,(H,29,30,35)/b24-20-/t19-,26+,28+/m1/s1. The van der Waals surface area contributed by atoms with Crippen LogP contribution in [0.2, 0.25) is 0 Å². The van der Waals surface area contributed by atoms with Crippen LogP contribution >= 0.6 is 0 Å². The van der Waals surface area contributed by atoms with E-state index in [1.165, 1.54) is 12.8 Å². The minimum atomic E-state index is -0.860. The fourth-order valence-corrected chi connectivity index (χ4v) is 6.58. The average Bonchev–Trinajstić information content (AvgIpc) is 3.62. The van der Waals surface area contributed by atoms with Gasteiger partial charge in [-0.3, -0.25) is 9.69 Å². The Hall–Kier alpha value is -3.10. The number of ether oxygens (including phenoxy) is 1. The molecule has 1 aromatic heterocycles. The van der Waals surface area contributed by atoms with E-state index in [1.54, 1.807) is 18.2 Å². The second-order valence-corrected chi connectivity index (χ2v) is 10.8. The number of phenolic OH excluding ortho intramolecular Hbond substituents is 1. The summed E-state index contributed by atoms with van der Waals surface area (Å²) in [6.45, 7) is 3.26. The van der Waals surface area contributed by atoms with Crippen LogP contribution in [-0.2, 0) is 16.6 Å². The zero-order valence-electron chi connectivity index (χ0n) is 20.5. The fourth-order valence-electron chi connectivity index (χ4n) is 6.58. The van der Waals surface area contributed by atoms with Crippen LogP contribution < -0.4 is 10.1 Å². The molecule has 0 unspecified atom stereocenters. The summed E-state index contributed by atoms with van der Waals surface area (Å²) in [5.41, 5.74) is 2.12. The molecule has 1 spiro atoms. The number of carbonyl (C=O) groups is 1. The van der Waals surface area contributed by atoms with Gasteiger partial charge in [-0.05, 0) is 81.7 Å². The molecule has 1 saturated carbocycles. The van der Waals surface area contributed by atoms with E-state index in [0.717, 1.165) is 61.5 Å². The maximum atomic E-state index is 13.1. The van der Waals surface area contributed by atoms with Gasteiger partial charge < -0.3 is 25.4 Å². The maximum Gasteiger partial charge on any atom is 0.258 e. The summed E-state index contributed by atoms with van der Waals surface area (Å²) in [5, 5.41) is 35.1. The van der Waals surface area contributed by atoms with Gasteiger partial charge >= 0.3 is 0 Å². The monoisotopic (exact) mass is 491 g/mol. The lowest BCUT2D eigenvalue weighted by Gasteiger charge is -2.42. The number of anilines is 1. The number of hydrogen-bond acceptors (Lipinski definition) is 7. The number of rotatable bonds is 6. The molecule has 2 aliphatic carbocycles. The van der Waals surface area contributed by atoms with Crippen molar-refractivity contribution in [1.29, 1.82) is 0 Å². The van der Waals surface area contributed by atoms with E-state index >= 15 is 0 Å². The number of aromatic nitrogens is 1. The number of fused-ring (bicyclic) bond motifs is 1. The number of nitrogens with zero attached hydrogens (tertiary/aromatic N) is 2. The zero-order chi connectivity index (χ0) is 25.0. The number of carbonyl (C=O) groups excluding carboxylic acids is 1. The Bertz CT molecular complexity index is 1240. The van der Waals surface area contributed by atoms with Gasteiger partial charge in [-0.1, -0.05) is 12.1 Å².